The largest absolute Gasteiger partial charge is 0.359 e. The third-order valence-corrected chi connectivity index (χ3v) is 4.42. The number of hydrogen-bond donors (Lipinski definition) is 2. The zero-order valence-corrected chi connectivity index (χ0v) is 13.7. The number of amides is 3. The Morgan fingerprint density at radius 3 is 2.59 bits per heavy atom. The molecule has 2 N–H and O–H groups in total. The Hall–Kier alpha value is -1.75. The molecule has 0 radical (unpaired) electrons. The van der Waals surface area contributed by atoms with Gasteiger partial charge in [-0.15, -0.1) is 0 Å². The van der Waals surface area contributed by atoms with Gasteiger partial charge in [0.05, 0.1) is 10.7 Å². The van der Waals surface area contributed by atoms with Crippen LogP contribution in [0, 0.1) is 12.8 Å². The minimum Gasteiger partial charge on any atom is -0.359 e. The van der Waals surface area contributed by atoms with Crippen LogP contribution < -0.4 is 10.6 Å². The molecule has 0 aromatic heterocycles. The highest BCUT2D eigenvalue weighted by molar-refractivity contribution is 6.33. The number of benzene rings is 1. The summed E-state index contributed by atoms with van der Waals surface area (Å²) in [7, 11) is 1.65. The highest BCUT2D eigenvalue weighted by Crippen LogP contribution is 2.26. The SMILES string of the molecule is CNC(=O)CC1CCN(C(=O)Nc2c(C)cccc2Cl)CC1. The normalized spacial score (nSPS) is 15.5. The third kappa shape index (κ3) is 4.13. The first-order valence-electron chi connectivity index (χ1n) is 7.53. The molecule has 1 saturated heterocycles. The summed E-state index contributed by atoms with van der Waals surface area (Å²) in [5.74, 6) is 0.417. The molecule has 5 nitrogen and oxygen atoms in total. The van der Waals surface area contributed by atoms with E-state index >= 15 is 0 Å². The standard InChI is InChI=1S/C16H22ClN3O2/c1-11-4-3-5-13(17)15(11)19-16(22)20-8-6-12(7-9-20)10-14(21)18-2/h3-5,12H,6-10H2,1-2H3,(H,18,21)(H,19,22). The number of halogens is 1. The maximum Gasteiger partial charge on any atom is 0.321 e. The zero-order chi connectivity index (χ0) is 16.1. The Morgan fingerprint density at radius 2 is 2.00 bits per heavy atom. The molecule has 0 aliphatic carbocycles. The van der Waals surface area contributed by atoms with Crippen molar-refractivity contribution in [1.82, 2.24) is 10.2 Å². The van der Waals surface area contributed by atoms with Crippen LogP contribution in [0.25, 0.3) is 0 Å². The molecule has 0 spiro atoms. The Kier molecular flexibility index (Phi) is 5.66. The first-order chi connectivity index (χ1) is 10.5. The molecule has 1 aliphatic rings. The van der Waals surface area contributed by atoms with Crippen molar-refractivity contribution in [3.05, 3.63) is 28.8 Å². The van der Waals surface area contributed by atoms with E-state index in [4.69, 9.17) is 11.6 Å². The highest BCUT2D eigenvalue weighted by atomic mass is 35.5. The van der Waals surface area contributed by atoms with Gasteiger partial charge in [0.1, 0.15) is 0 Å². The van der Waals surface area contributed by atoms with Crippen molar-refractivity contribution in [3.8, 4) is 0 Å². The van der Waals surface area contributed by atoms with Crippen LogP contribution in [0.5, 0.6) is 0 Å². The smallest absolute Gasteiger partial charge is 0.321 e. The molecule has 3 amide bonds. The van der Waals surface area contributed by atoms with Crippen molar-refractivity contribution in [2.24, 2.45) is 5.92 Å². The van der Waals surface area contributed by atoms with Crippen LogP contribution >= 0.6 is 11.6 Å². The van der Waals surface area contributed by atoms with Crippen molar-refractivity contribution in [2.45, 2.75) is 26.2 Å². The molecule has 0 atom stereocenters. The van der Waals surface area contributed by atoms with Crippen LogP contribution in [0.15, 0.2) is 18.2 Å². The van der Waals surface area contributed by atoms with Crippen molar-refractivity contribution in [3.63, 3.8) is 0 Å². The number of nitrogens with zero attached hydrogens (tertiary/aromatic N) is 1. The van der Waals surface area contributed by atoms with E-state index in [-0.39, 0.29) is 11.9 Å². The van der Waals surface area contributed by atoms with Gasteiger partial charge in [-0.3, -0.25) is 4.79 Å². The summed E-state index contributed by atoms with van der Waals surface area (Å²) in [6.45, 7) is 3.24. The van der Waals surface area contributed by atoms with Gasteiger partial charge in [-0.05, 0) is 37.3 Å². The third-order valence-electron chi connectivity index (χ3n) is 4.11. The van der Waals surface area contributed by atoms with Crippen LogP contribution in [-0.2, 0) is 4.79 Å². The number of para-hydroxylation sites is 1. The number of hydrogen-bond acceptors (Lipinski definition) is 2. The van der Waals surface area contributed by atoms with Crippen LogP contribution in [0.4, 0.5) is 10.5 Å². The molecule has 0 saturated carbocycles. The summed E-state index contributed by atoms with van der Waals surface area (Å²) < 4.78 is 0. The average molecular weight is 324 g/mol. The van der Waals surface area contributed by atoms with Gasteiger partial charge in [0.25, 0.3) is 0 Å². The van der Waals surface area contributed by atoms with Crippen LogP contribution in [0.1, 0.15) is 24.8 Å². The fourth-order valence-electron chi connectivity index (χ4n) is 2.68. The average Bonchev–Trinajstić information content (AvgIpc) is 2.51. The Balaban J connectivity index is 1.89. The lowest BCUT2D eigenvalue weighted by atomic mass is 9.93. The molecule has 1 aromatic carbocycles. The number of urea groups is 1. The Morgan fingerprint density at radius 1 is 1.32 bits per heavy atom. The van der Waals surface area contributed by atoms with Gasteiger partial charge in [-0.1, -0.05) is 23.7 Å². The van der Waals surface area contributed by atoms with E-state index in [0.29, 0.717) is 36.1 Å². The number of piperidine rings is 1. The van der Waals surface area contributed by atoms with Crippen molar-refractivity contribution in [1.29, 1.82) is 0 Å². The summed E-state index contributed by atoms with van der Waals surface area (Å²) >= 11 is 6.13. The number of carbonyl (C=O) groups excluding carboxylic acids is 2. The molecular formula is C16H22ClN3O2. The van der Waals surface area contributed by atoms with Gasteiger partial charge in [-0.25, -0.2) is 4.79 Å². The number of rotatable bonds is 3. The molecular weight excluding hydrogens is 302 g/mol. The molecule has 1 aromatic rings. The van der Waals surface area contributed by atoms with E-state index in [1.165, 1.54) is 0 Å². The fourth-order valence-corrected chi connectivity index (χ4v) is 2.95. The maximum absolute atomic E-state index is 12.3. The number of anilines is 1. The maximum atomic E-state index is 12.3. The number of likely N-dealkylation sites (tertiary alicyclic amines) is 1. The molecule has 22 heavy (non-hydrogen) atoms. The highest BCUT2D eigenvalue weighted by Gasteiger charge is 2.24. The number of aryl methyl sites for hydroxylation is 1. The van der Waals surface area contributed by atoms with Gasteiger partial charge in [-0.2, -0.15) is 0 Å². The van der Waals surface area contributed by atoms with E-state index < -0.39 is 0 Å². The van der Waals surface area contributed by atoms with E-state index in [1.807, 2.05) is 19.1 Å². The second-order valence-corrected chi connectivity index (χ2v) is 6.08. The molecule has 6 heteroatoms. The topological polar surface area (TPSA) is 61.4 Å². The first-order valence-corrected chi connectivity index (χ1v) is 7.90. The summed E-state index contributed by atoms with van der Waals surface area (Å²) in [5.41, 5.74) is 1.61. The first kappa shape index (κ1) is 16.6. The predicted molar refractivity (Wildman–Crippen MR) is 88.2 cm³/mol. The summed E-state index contributed by atoms with van der Waals surface area (Å²) in [6, 6.07) is 5.41. The monoisotopic (exact) mass is 323 g/mol. The van der Waals surface area contributed by atoms with Gasteiger partial charge >= 0.3 is 6.03 Å². The summed E-state index contributed by atoms with van der Waals surface area (Å²) in [5, 5.41) is 6.08. The lowest BCUT2D eigenvalue weighted by molar-refractivity contribution is -0.121. The molecule has 2 rings (SSSR count). The molecule has 120 valence electrons. The Labute approximate surface area is 136 Å². The lowest BCUT2D eigenvalue weighted by Crippen LogP contribution is -2.41. The zero-order valence-electron chi connectivity index (χ0n) is 13.0. The summed E-state index contributed by atoms with van der Waals surface area (Å²) in [6.07, 6.45) is 2.24. The minimum atomic E-state index is -0.130. The van der Waals surface area contributed by atoms with Crippen molar-refractivity contribution < 1.29 is 9.59 Å². The second kappa shape index (κ2) is 7.49. The van der Waals surface area contributed by atoms with Crippen molar-refractivity contribution >= 4 is 29.2 Å². The molecule has 0 unspecified atom stereocenters. The van der Waals surface area contributed by atoms with E-state index in [2.05, 4.69) is 10.6 Å². The second-order valence-electron chi connectivity index (χ2n) is 5.67. The van der Waals surface area contributed by atoms with Crippen molar-refractivity contribution in [2.75, 3.05) is 25.5 Å². The minimum absolute atomic E-state index is 0.0644. The lowest BCUT2D eigenvalue weighted by Gasteiger charge is -2.32. The van der Waals surface area contributed by atoms with Gasteiger partial charge < -0.3 is 15.5 Å². The molecule has 1 heterocycles. The van der Waals surface area contributed by atoms with E-state index in [9.17, 15) is 9.59 Å². The number of nitrogens with one attached hydrogen (secondary N) is 2. The summed E-state index contributed by atoms with van der Waals surface area (Å²) in [4.78, 5) is 25.5. The van der Waals surface area contributed by atoms with Crippen LogP contribution in [-0.4, -0.2) is 37.0 Å². The molecule has 1 fully saturated rings. The van der Waals surface area contributed by atoms with Gasteiger partial charge in [0, 0.05) is 26.6 Å². The Bertz CT molecular complexity index is 534. The van der Waals surface area contributed by atoms with E-state index in [0.717, 1.165) is 18.4 Å². The predicted octanol–water partition coefficient (Wildman–Crippen LogP) is 3.03. The fraction of sp³-hybridized carbons (Fsp3) is 0.500. The van der Waals surface area contributed by atoms with Gasteiger partial charge in [0.15, 0.2) is 0 Å². The molecule has 0 bridgehead atoms. The quantitative estimate of drug-likeness (QED) is 0.898. The van der Waals surface area contributed by atoms with E-state index in [1.54, 1.807) is 18.0 Å². The van der Waals surface area contributed by atoms with Crippen LogP contribution in [0.2, 0.25) is 5.02 Å². The van der Waals surface area contributed by atoms with Crippen LogP contribution in [0.3, 0.4) is 0 Å². The molecule has 1 aliphatic heterocycles. The number of carbonyl (C=O) groups is 2. The van der Waals surface area contributed by atoms with Gasteiger partial charge in [0.2, 0.25) is 5.91 Å².